The Hall–Kier alpha value is -3.52. The predicted octanol–water partition coefficient (Wildman–Crippen LogP) is 3.14. The summed E-state index contributed by atoms with van der Waals surface area (Å²) < 4.78 is 16.0. The fourth-order valence-corrected chi connectivity index (χ4v) is 3.12. The highest BCUT2D eigenvalue weighted by Gasteiger charge is 2.34. The molecule has 0 bridgehead atoms. The van der Waals surface area contributed by atoms with E-state index in [1.54, 1.807) is 44.2 Å². The number of anilines is 1. The van der Waals surface area contributed by atoms with Crippen molar-refractivity contribution in [1.29, 1.82) is 0 Å². The molecule has 1 aliphatic rings. The highest BCUT2D eigenvalue weighted by molar-refractivity contribution is 6.32. The van der Waals surface area contributed by atoms with Crippen LogP contribution in [0.2, 0.25) is 5.02 Å². The lowest BCUT2D eigenvalue weighted by atomic mass is 10.1. The largest absolute Gasteiger partial charge is 0.493 e. The first-order valence-corrected chi connectivity index (χ1v) is 9.80. The number of methoxy groups -OCH3 is 1. The van der Waals surface area contributed by atoms with E-state index < -0.39 is 17.8 Å². The van der Waals surface area contributed by atoms with Crippen molar-refractivity contribution < 1.29 is 28.6 Å². The normalized spacial score (nSPS) is 14.7. The van der Waals surface area contributed by atoms with E-state index in [1.165, 1.54) is 25.3 Å². The minimum Gasteiger partial charge on any atom is -0.493 e. The minimum absolute atomic E-state index is 0.122. The summed E-state index contributed by atoms with van der Waals surface area (Å²) in [5, 5.41) is 1.45. The molecule has 0 spiro atoms. The van der Waals surface area contributed by atoms with E-state index in [2.05, 4.69) is 5.43 Å². The van der Waals surface area contributed by atoms with Crippen LogP contribution in [0.1, 0.15) is 19.4 Å². The molecule has 1 heterocycles. The third-order valence-electron chi connectivity index (χ3n) is 4.18. The average molecular weight is 445 g/mol. The van der Waals surface area contributed by atoms with Crippen LogP contribution in [0, 0.1) is 0 Å². The van der Waals surface area contributed by atoms with Crippen LogP contribution in [0.15, 0.2) is 48.0 Å². The van der Waals surface area contributed by atoms with Crippen molar-refractivity contribution in [2.45, 2.75) is 20.0 Å². The first-order valence-electron chi connectivity index (χ1n) is 9.42. The number of halogens is 1. The summed E-state index contributed by atoms with van der Waals surface area (Å²) in [4.78, 5) is 37.2. The molecule has 1 saturated heterocycles. The summed E-state index contributed by atoms with van der Waals surface area (Å²) in [6.45, 7) is 3.06. The topological polar surface area (TPSA) is 94.2 Å². The number of benzene rings is 2. The zero-order chi connectivity index (χ0) is 22.5. The van der Waals surface area contributed by atoms with Crippen LogP contribution in [-0.2, 0) is 19.1 Å². The van der Waals surface area contributed by atoms with Crippen LogP contribution >= 0.6 is 11.6 Å². The summed E-state index contributed by atoms with van der Waals surface area (Å²) in [7, 11) is 1.41. The Kier molecular flexibility index (Phi) is 6.81. The molecule has 0 atom stereocenters. The van der Waals surface area contributed by atoms with Gasteiger partial charge in [0.1, 0.15) is 5.57 Å². The predicted molar refractivity (Wildman–Crippen MR) is 115 cm³/mol. The first kappa shape index (κ1) is 22.2. The van der Waals surface area contributed by atoms with Crippen LogP contribution in [0.3, 0.4) is 0 Å². The maximum Gasteiger partial charge on any atom is 0.344 e. The fraction of sp³-hybridized carbons (Fsp3) is 0.227. The van der Waals surface area contributed by atoms with Crippen LogP contribution in [-0.4, -0.2) is 37.6 Å². The Labute approximate surface area is 184 Å². The average Bonchev–Trinajstić information content (AvgIpc) is 3.01. The van der Waals surface area contributed by atoms with Crippen molar-refractivity contribution in [3.05, 3.63) is 58.6 Å². The molecule has 2 aromatic rings. The number of carbonyl (C=O) groups is 3. The standard InChI is InChI=1S/C22H21ClN2O6/c1-13(2)31-19(26)12-30-20-14(9-15(23)11-18(20)29-3)10-17-21(27)24-25(22(17)28)16-7-5-4-6-8-16/h4-11,13H,12H2,1-3H3,(H,24,27)/b17-10-. The number of hydrogen-bond acceptors (Lipinski definition) is 6. The molecule has 162 valence electrons. The first-order chi connectivity index (χ1) is 14.8. The van der Waals surface area contributed by atoms with Gasteiger partial charge in [0.15, 0.2) is 18.1 Å². The number of hydrogen-bond donors (Lipinski definition) is 1. The number of para-hydroxylation sites is 1. The Balaban J connectivity index is 1.95. The molecular formula is C22H21ClN2O6. The van der Waals surface area contributed by atoms with E-state index in [1.807, 2.05) is 0 Å². The molecule has 0 aromatic heterocycles. The lowest BCUT2D eigenvalue weighted by Gasteiger charge is -2.15. The molecular weight excluding hydrogens is 424 g/mol. The van der Waals surface area contributed by atoms with Crippen LogP contribution in [0.5, 0.6) is 11.5 Å². The third kappa shape index (κ3) is 5.16. The van der Waals surface area contributed by atoms with Gasteiger partial charge in [-0.15, -0.1) is 0 Å². The molecule has 31 heavy (non-hydrogen) atoms. The van der Waals surface area contributed by atoms with Crippen molar-refractivity contribution >= 4 is 41.1 Å². The van der Waals surface area contributed by atoms with E-state index in [-0.39, 0.29) is 29.8 Å². The zero-order valence-corrected chi connectivity index (χ0v) is 17.9. The van der Waals surface area contributed by atoms with Gasteiger partial charge in [-0.25, -0.2) is 9.80 Å². The van der Waals surface area contributed by atoms with Gasteiger partial charge in [0, 0.05) is 16.7 Å². The van der Waals surface area contributed by atoms with Crippen molar-refractivity contribution in [2.75, 3.05) is 18.7 Å². The number of carbonyl (C=O) groups excluding carboxylic acids is 3. The maximum absolute atomic E-state index is 12.9. The van der Waals surface area contributed by atoms with Gasteiger partial charge in [-0.05, 0) is 38.1 Å². The fourth-order valence-electron chi connectivity index (χ4n) is 2.90. The maximum atomic E-state index is 12.9. The van der Waals surface area contributed by atoms with Gasteiger partial charge < -0.3 is 14.2 Å². The van der Waals surface area contributed by atoms with Gasteiger partial charge in [-0.3, -0.25) is 15.0 Å². The highest BCUT2D eigenvalue weighted by atomic mass is 35.5. The van der Waals surface area contributed by atoms with Crippen molar-refractivity contribution in [2.24, 2.45) is 0 Å². The van der Waals surface area contributed by atoms with E-state index in [0.717, 1.165) is 5.01 Å². The Morgan fingerprint density at radius 3 is 2.55 bits per heavy atom. The van der Waals surface area contributed by atoms with E-state index in [9.17, 15) is 14.4 Å². The summed E-state index contributed by atoms with van der Waals surface area (Å²) in [5.74, 6) is -1.31. The van der Waals surface area contributed by atoms with Gasteiger partial charge in [0.2, 0.25) is 0 Å². The molecule has 3 rings (SSSR count). The second-order valence-corrected chi connectivity index (χ2v) is 7.27. The summed E-state index contributed by atoms with van der Waals surface area (Å²) >= 11 is 6.16. The summed E-state index contributed by atoms with van der Waals surface area (Å²) in [6, 6.07) is 11.7. The number of esters is 1. The number of amides is 2. The smallest absolute Gasteiger partial charge is 0.344 e. The number of nitrogens with one attached hydrogen (secondary N) is 1. The van der Waals surface area contributed by atoms with E-state index >= 15 is 0 Å². The second kappa shape index (κ2) is 9.53. The third-order valence-corrected chi connectivity index (χ3v) is 4.39. The molecule has 0 aliphatic carbocycles. The van der Waals surface area contributed by atoms with Gasteiger partial charge >= 0.3 is 5.97 Å². The summed E-state index contributed by atoms with van der Waals surface area (Å²) in [5.41, 5.74) is 3.22. The van der Waals surface area contributed by atoms with Gasteiger partial charge in [0.05, 0.1) is 18.9 Å². The number of hydrazine groups is 1. The highest BCUT2D eigenvalue weighted by Crippen LogP contribution is 2.37. The Morgan fingerprint density at radius 2 is 1.90 bits per heavy atom. The van der Waals surface area contributed by atoms with Gasteiger partial charge in [-0.2, -0.15) is 0 Å². The van der Waals surface area contributed by atoms with Crippen LogP contribution in [0.25, 0.3) is 6.08 Å². The number of rotatable bonds is 7. The SMILES string of the molecule is COc1cc(Cl)cc(/C=C2/C(=O)NN(c3ccccc3)C2=O)c1OCC(=O)OC(C)C. The molecule has 0 radical (unpaired) electrons. The molecule has 1 fully saturated rings. The van der Waals surface area contributed by atoms with Crippen LogP contribution < -0.4 is 19.9 Å². The van der Waals surface area contributed by atoms with E-state index in [4.69, 9.17) is 25.8 Å². The van der Waals surface area contributed by atoms with Gasteiger partial charge in [-0.1, -0.05) is 29.8 Å². The molecule has 9 heteroatoms. The Bertz CT molecular complexity index is 1040. The molecule has 0 saturated carbocycles. The van der Waals surface area contributed by atoms with Crippen molar-refractivity contribution in [3.8, 4) is 11.5 Å². The van der Waals surface area contributed by atoms with E-state index in [0.29, 0.717) is 16.3 Å². The quantitative estimate of drug-likeness (QED) is 0.400. The van der Waals surface area contributed by atoms with Crippen molar-refractivity contribution in [1.82, 2.24) is 5.43 Å². The lowest BCUT2D eigenvalue weighted by molar-refractivity contribution is -0.149. The molecule has 1 aliphatic heterocycles. The summed E-state index contributed by atoms with van der Waals surface area (Å²) in [6.07, 6.45) is 1.05. The lowest BCUT2D eigenvalue weighted by Crippen LogP contribution is -2.35. The number of ether oxygens (including phenoxy) is 3. The number of nitrogens with zero attached hydrogens (tertiary/aromatic N) is 1. The minimum atomic E-state index is -0.585. The molecule has 2 aromatic carbocycles. The van der Waals surface area contributed by atoms with Crippen molar-refractivity contribution in [3.63, 3.8) is 0 Å². The van der Waals surface area contributed by atoms with Crippen LogP contribution in [0.4, 0.5) is 5.69 Å². The zero-order valence-electron chi connectivity index (χ0n) is 17.2. The molecule has 2 amide bonds. The van der Waals surface area contributed by atoms with Gasteiger partial charge in [0.25, 0.3) is 11.8 Å². The molecule has 1 N–H and O–H groups in total. The monoisotopic (exact) mass is 444 g/mol. The Morgan fingerprint density at radius 1 is 1.19 bits per heavy atom. The second-order valence-electron chi connectivity index (χ2n) is 6.83. The molecule has 0 unspecified atom stereocenters. The molecule has 8 nitrogen and oxygen atoms in total.